The summed E-state index contributed by atoms with van der Waals surface area (Å²) in [5.74, 6) is 0.924. The maximum atomic E-state index is 13.7. The molecule has 4 aromatic carbocycles. The van der Waals surface area contributed by atoms with Gasteiger partial charge in [-0.2, -0.15) is 0 Å². The first-order chi connectivity index (χ1) is 22.8. The van der Waals surface area contributed by atoms with Crippen LogP contribution in [0.1, 0.15) is 29.3 Å². The third kappa shape index (κ3) is 9.30. The number of hydrogen-bond donors (Lipinski definition) is 3. The summed E-state index contributed by atoms with van der Waals surface area (Å²) in [6, 6.07) is 26.1. The van der Waals surface area contributed by atoms with E-state index in [2.05, 4.69) is 16.0 Å². The lowest BCUT2D eigenvalue weighted by atomic mass is 10.1. The van der Waals surface area contributed by atoms with Crippen molar-refractivity contribution >= 4 is 46.9 Å². The molecule has 0 aliphatic carbocycles. The van der Waals surface area contributed by atoms with Gasteiger partial charge in [0.25, 0.3) is 11.8 Å². The van der Waals surface area contributed by atoms with Crippen molar-refractivity contribution in [2.45, 2.75) is 23.5 Å². The van der Waals surface area contributed by atoms with E-state index < -0.39 is 17.1 Å². The van der Waals surface area contributed by atoms with Crippen LogP contribution in [0, 0.1) is 0 Å². The zero-order chi connectivity index (χ0) is 33.8. The van der Waals surface area contributed by atoms with E-state index in [1.54, 1.807) is 99.1 Å². The number of thioether (sulfide) groups is 1. The highest BCUT2D eigenvalue weighted by Gasteiger charge is 2.21. The van der Waals surface area contributed by atoms with E-state index in [1.807, 2.05) is 13.0 Å². The normalized spacial score (nSPS) is 11.6. The van der Waals surface area contributed by atoms with Gasteiger partial charge in [-0.25, -0.2) is 0 Å². The number of benzene rings is 4. The minimum absolute atomic E-state index is 0.00146. The number of carbonyl (C=O) groups excluding carboxylic acids is 3. The molecule has 0 aromatic heterocycles. The Hall–Kier alpha value is -5.42. The van der Waals surface area contributed by atoms with Crippen molar-refractivity contribution in [3.8, 4) is 23.0 Å². The van der Waals surface area contributed by atoms with Crippen LogP contribution in [0.4, 0.5) is 11.4 Å². The van der Waals surface area contributed by atoms with Crippen LogP contribution in [-0.4, -0.2) is 51.4 Å². The molecule has 3 amide bonds. The first-order valence-electron chi connectivity index (χ1n) is 14.7. The van der Waals surface area contributed by atoms with Gasteiger partial charge in [0.15, 0.2) is 0 Å². The molecule has 11 heteroatoms. The summed E-state index contributed by atoms with van der Waals surface area (Å²) in [7, 11) is 6.14. The standard InChI is InChI=1S/C36H37N3O7S/c1-6-33(36(42)38-29-21-26(43-2)17-18-31(29)45-4)47-28-14-10-13-25(20-28)37-35(41)30(39-34(40)23-11-8-7-9-12-23)19-24-15-16-27(44-3)22-32(24)46-5/h7-22,33H,6H2,1-5H3,(H,37,41)(H,38,42)(H,39,40)/b30-19+. The van der Waals surface area contributed by atoms with E-state index in [4.69, 9.17) is 18.9 Å². The molecular formula is C36H37N3O7S. The zero-order valence-corrected chi connectivity index (χ0v) is 27.6. The Labute approximate surface area is 278 Å². The van der Waals surface area contributed by atoms with Gasteiger partial charge in [0.1, 0.15) is 28.7 Å². The number of ether oxygens (including phenoxy) is 4. The monoisotopic (exact) mass is 655 g/mol. The lowest BCUT2D eigenvalue weighted by molar-refractivity contribution is -0.116. The lowest BCUT2D eigenvalue weighted by Gasteiger charge is -2.17. The third-order valence-corrected chi connectivity index (χ3v) is 8.33. The van der Waals surface area contributed by atoms with Crippen molar-refractivity contribution in [3.63, 3.8) is 0 Å². The Kier molecular flexibility index (Phi) is 12.3. The first kappa shape index (κ1) is 34.5. The van der Waals surface area contributed by atoms with Crippen molar-refractivity contribution in [3.05, 3.63) is 108 Å². The molecule has 4 rings (SSSR count). The van der Waals surface area contributed by atoms with E-state index in [9.17, 15) is 14.4 Å². The quantitative estimate of drug-likeness (QED) is 0.102. The van der Waals surface area contributed by atoms with Crippen LogP contribution < -0.4 is 34.9 Å². The summed E-state index contributed by atoms with van der Waals surface area (Å²) in [5, 5.41) is 8.11. The van der Waals surface area contributed by atoms with Crippen molar-refractivity contribution < 1.29 is 33.3 Å². The number of rotatable bonds is 14. The van der Waals surface area contributed by atoms with Gasteiger partial charge in [0.05, 0.1) is 39.4 Å². The van der Waals surface area contributed by atoms with Crippen LogP contribution in [0.5, 0.6) is 23.0 Å². The van der Waals surface area contributed by atoms with E-state index in [0.717, 1.165) is 4.90 Å². The van der Waals surface area contributed by atoms with Gasteiger partial charge >= 0.3 is 0 Å². The third-order valence-electron chi connectivity index (χ3n) is 6.97. The van der Waals surface area contributed by atoms with Crippen LogP contribution in [0.15, 0.2) is 102 Å². The molecule has 4 aromatic rings. The SMILES string of the molecule is CCC(Sc1cccc(NC(=O)/C(=C\c2ccc(OC)cc2OC)NC(=O)c2ccccc2)c1)C(=O)Nc1cc(OC)ccc1OC. The molecule has 3 N–H and O–H groups in total. The minimum Gasteiger partial charge on any atom is -0.497 e. The highest BCUT2D eigenvalue weighted by molar-refractivity contribution is 8.00. The molecule has 0 heterocycles. The second-order valence-corrected chi connectivity index (χ2v) is 11.3. The molecule has 0 aliphatic heterocycles. The fourth-order valence-electron chi connectivity index (χ4n) is 4.49. The summed E-state index contributed by atoms with van der Waals surface area (Å²) >= 11 is 1.36. The van der Waals surface area contributed by atoms with Crippen molar-refractivity contribution in [2.24, 2.45) is 0 Å². The van der Waals surface area contributed by atoms with Gasteiger partial charge in [-0.3, -0.25) is 14.4 Å². The Balaban J connectivity index is 1.55. The van der Waals surface area contributed by atoms with Gasteiger partial charge in [0.2, 0.25) is 5.91 Å². The topological polar surface area (TPSA) is 124 Å². The smallest absolute Gasteiger partial charge is 0.272 e. The van der Waals surface area contributed by atoms with Crippen molar-refractivity contribution in [1.82, 2.24) is 5.32 Å². The molecule has 0 saturated carbocycles. The summed E-state index contributed by atoms with van der Waals surface area (Å²) in [6.07, 6.45) is 2.08. The highest BCUT2D eigenvalue weighted by atomic mass is 32.2. The molecule has 0 fully saturated rings. The van der Waals surface area contributed by atoms with Crippen LogP contribution in [0.3, 0.4) is 0 Å². The average molecular weight is 656 g/mol. The molecule has 1 atom stereocenters. The Bertz CT molecular complexity index is 1740. The maximum absolute atomic E-state index is 13.7. The average Bonchev–Trinajstić information content (AvgIpc) is 3.10. The number of nitrogens with one attached hydrogen (secondary N) is 3. The zero-order valence-electron chi connectivity index (χ0n) is 26.8. The largest absolute Gasteiger partial charge is 0.497 e. The predicted molar refractivity (Wildman–Crippen MR) is 185 cm³/mol. The van der Waals surface area contributed by atoms with Gasteiger partial charge in [-0.15, -0.1) is 11.8 Å². The van der Waals surface area contributed by atoms with Crippen molar-refractivity contribution in [2.75, 3.05) is 39.1 Å². The van der Waals surface area contributed by atoms with Gasteiger partial charge < -0.3 is 34.9 Å². The summed E-state index contributed by atoms with van der Waals surface area (Å²) < 4.78 is 21.5. The van der Waals surface area contributed by atoms with Crippen LogP contribution in [0.25, 0.3) is 6.08 Å². The predicted octanol–water partition coefficient (Wildman–Crippen LogP) is 6.64. The molecule has 0 saturated heterocycles. The second-order valence-electron chi connectivity index (χ2n) is 10.0. The van der Waals surface area contributed by atoms with Crippen LogP contribution >= 0.6 is 11.8 Å². The van der Waals surface area contributed by atoms with Crippen LogP contribution in [-0.2, 0) is 9.59 Å². The van der Waals surface area contributed by atoms with E-state index in [1.165, 1.54) is 32.1 Å². The Morgan fingerprint density at radius 3 is 2.13 bits per heavy atom. The fourth-order valence-corrected chi connectivity index (χ4v) is 5.51. The summed E-state index contributed by atoms with van der Waals surface area (Å²) in [5.41, 5.74) is 1.93. The number of anilines is 2. The first-order valence-corrected chi connectivity index (χ1v) is 15.6. The number of amides is 3. The van der Waals surface area contributed by atoms with Gasteiger partial charge in [-0.1, -0.05) is 31.2 Å². The Morgan fingerprint density at radius 2 is 1.45 bits per heavy atom. The molecule has 0 bridgehead atoms. The molecule has 10 nitrogen and oxygen atoms in total. The number of carbonyl (C=O) groups is 3. The van der Waals surface area contributed by atoms with E-state index >= 15 is 0 Å². The molecule has 0 radical (unpaired) electrons. The fraction of sp³-hybridized carbons (Fsp3) is 0.194. The van der Waals surface area contributed by atoms with E-state index in [0.29, 0.717) is 51.9 Å². The molecule has 0 aliphatic rings. The summed E-state index contributed by atoms with van der Waals surface area (Å²) in [4.78, 5) is 40.8. The number of methoxy groups -OCH3 is 4. The van der Waals surface area contributed by atoms with Crippen LogP contribution in [0.2, 0.25) is 0 Å². The van der Waals surface area contributed by atoms with Crippen molar-refractivity contribution in [1.29, 1.82) is 0 Å². The molecule has 1 unspecified atom stereocenters. The molecule has 47 heavy (non-hydrogen) atoms. The lowest BCUT2D eigenvalue weighted by Crippen LogP contribution is -2.30. The molecular weight excluding hydrogens is 618 g/mol. The molecule has 244 valence electrons. The van der Waals surface area contributed by atoms with Gasteiger partial charge in [-0.05, 0) is 67.1 Å². The molecule has 0 spiro atoms. The number of hydrogen-bond acceptors (Lipinski definition) is 8. The maximum Gasteiger partial charge on any atom is 0.272 e. The second kappa shape index (κ2) is 16.8. The minimum atomic E-state index is -0.552. The highest BCUT2D eigenvalue weighted by Crippen LogP contribution is 2.32. The Morgan fingerprint density at radius 1 is 0.745 bits per heavy atom. The van der Waals surface area contributed by atoms with E-state index in [-0.39, 0.29) is 11.6 Å². The summed E-state index contributed by atoms with van der Waals surface area (Å²) in [6.45, 7) is 1.92. The van der Waals surface area contributed by atoms with Gasteiger partial charge in [0, 0.05) is 33.8 Å².